The molecule has 0 heterocycles. The molecule has 0 unspecified atom stereocenters. The predicted molar refractivity (Wildman–Crippen MR) is 211 cm³/mol. The number of ether oxygens (including phenoxy) is 1. The Labute approximate surface area is 293 Å². The Kier molecular flexibility index (Phi) is 10.6. The molecule has 1 fully saturated rings. The Balaban J connectivity index is 1.41. The van der Waals surface area contributed by atoms with E-state index in [4.69, 9.17) is 4.74 Å². The molecule has 0 spiro atoms. The minimum absolute atomic E-state index is 0.0750. The van der Waals surface area contributed by atoms with Crippen molar-refractivity contribution in [3.63, 3.8) is 0 Å². The smallest absolute Gasteiger partial charge is 0.241 e. The second kappa shape index (κ2) is 16.0. The topological polar surface area (TPSA) is 9.23 Å². The van der Waals surface area contributed by atoms with Gasteiger partial charge in [-0.3, -0.25) is 0 Å². The van der Waals surface area contributed by atoms with Gasteiger partial charge >= 0.3 is 0 Å². The minimum atomic E-state index is 0.0750. The molecular weight excluding hydrogens is 591 g/mol. The van der Waals surface area contributed by atoms with Crippen molar-refractivity contribution < 1.29 is 4.74 Å². The lowest BCUT2D eigenvalue weighted by molar-refractivity contribution is 0.198. The summed E-state index contributed by atoms with van der Waals surface area (Å²) in [6, 6.07) is 60.2. The summed E-state index contributed by atoms with van der Waals surface area (Å²) in [5.41, 5.74) is 14.4. The lowest BCUT2D eigenvalue weighted by Gasteiger charge is -2.31. The molecule has 0 aromatic heterocycles. The molecule has 242 valence electrons. The van der Waals surface area contributed by atoms with Gasteiger partial charge in [0.15, 0.2) is 0 Å². The summed E-state index contributed by atoms with van der Waals surface area (Å²) in [7, 11) is 1.84. The van der Waals surface area contributed by atoms with Gasteiger partial charge in [0.25, 0.3) is 0 Å². The fraction of sp³-hybridized carbons (Fsp3) is 0.191. The van der Waals surface area contributed by atoms with Crippen LogP contribution in [0.3, 0.4) is 0 Å². The van der Waals surface area contributed by atoms with Gasteiger partial charge in [-0.1, -0.05) is 205 Å². The van der Waals surface area contributed by atoms with Gasteiger partial charge in [0.2, 0.25) is 6.71 Å². The summed E-state index contributed by atoms with van der Waals surface area (Å²) in [4.78, 5) is 0. The highest BCUT2D eigenvalue weighted by Crippen LogP contribution is 2.38. The third-order valence-corrected chi connectivity index (χ3v) is 10.3. The third kappa shape index (κ3) is 7.72. The largest absolute Gasteiger partial charge is 0.384 e. The molecule has 49 heavy (non-hydrogen) atoms. The van der Waals surface area contributed by atoms with Gasteiger partial charge in [0, 0.05) is 13.7 Å². The molecule has 1 saturated carbocycles. The summed E-state index contributed by atoms with van der Waals surface area (Å²) in [5.74, 6) is 0.558. The zero-order valence-corrected chi connectivity index (χ0v) is 28.6. The molecule has 6 aromatic carbocycles. The molecule has 1 aliphatic rings. The van der Waals surface area contributed by atoms with Gasteiger partial charge in [-0.2, -0.15) is 0 Å². The van der Waals surface area contributed by atoms with E-state index in [-0.39, 0.29) is 6.71 Å². The van der Waals surface area contributed by atoms with Gasteiger partial charge in [-0.05, 0) is 64.1 Å². The van der Waals surface area contributed by atoms with Crippen LogP contribution in [0.2, 0.25) is 0 Å². The van der Waals surface area contributed by atoms with Crippen LogP contribution in [0.25, 0.3) is 38.9 Å². The maximum atomic E-state index is 5.81. The highest BCUT2D eigenvalue weighted by atomic mass is 16.5. The van der Waals surface area contributed by atoms with E-state index in [1.807, 2.05) is 7.11 Å². The standard InChI is InChI=1S/C47H45BO/c1-49-35-34-46(42-20-12-5-13-21-42)47(43-24-22-39(23-25-43)36-14-6-2-7-15-36)48(44-30-26-40(27-31-44)37-16-8-3-9-17-37)45-32-28-41(29-33-45)38-18-10-4-11-19-38/h2-4,6-11,14-19,22-33,42H,5,12-13,20-21,34-35H2,1H3/b47-46+. The average molecular weight is 637 g/mol. The van der Waals surface area contributed by atoms with Crippen molar-refractivity contribution in [2.24, 2.45) is 5.92 Å². The first kappa shape index (κ1) is 32.6. The molecule has 0 bridgehead atoms. The summed E-state index contributed by atoms with van der Waals surface area (Å²) in [6.07, 6.45) is 7.36. The van der Waals surface area contributed by atoms with E-state index in [0.29, 0.717) is 5.92 Å². The monoisotopic (exact) mass is 636 g/mol. The molecule has 0 saturated heterocycles. The van der Waals surface area contributed by atoms with Crippen LogP contribution in [0, 0.1) is 5.92 Å². The Morgan fingerprint density at radius 1 is 0.490 bits per heavy atom. The first-order valence-corrected chi connectivity index (χ1v) is 18.0. The van der Waals surface area contributed by atoms with Crippen LogP contribution < -0.4 is 10.9 Å². The molecule has 7 rings (SSSR count). The summed E-state index contributed by atoms with van der Waals surface area (Å²) in [5, 5.41) is 0. The number of hydrogen-bond donors (Lipinski definition) is 0. The Morgan fingerprint density at radius 2 is 0.878 bits per heavy atom. The number of hydrogen-bond acceptors (Lipinski definition) is 1. The van der Waals surface area contributed by atoms with E-state index in [0.717, 1.165) is 13.0 Å². The molecular formula is C47H45BO. The van der Waals surface area contributed by atoms with Gasteiger partial charge < -0.3 is 4.74 Å². The Morgan fingerprint density at radius 3 is 1.29 bits per heavy atom. The fourth-order valence-corrected chi connectivity index (χ4v) is 7.76. The van der Waals surface area contributed by atoms with E-state index >= 15 is 0 Å². The van der Waals surface area contributed by atoms with Gasteiger partial charge in [0.1, 0.15) is 0 Å². The zero-order valence-electron chi connectivity index (χ0n) is 28.6. The summed E-state index contributed by atoms with van der Waals surface area (Å²) < 4.78 is 5.81. The molecule has 0 N–H and O–H groups in total. The molecule has 0 aliphatic heterocycles. The lowest BCUT2D eigenvalue weighted by Crippen LogP contribution is -2.44. The van der Waals surface area contributed by atoms with E-state index in [9.17, 15) is 0 Å². The first-order valence-electron chi connectivity index (χ1n) is 18.0. The van der Waals surface area contributed by atoms with Crippen molar-refractivity contribution in [2.45, 2.75) is 38.5 Å². The summed E-state index contributed by atoms with van der Waals surface area (Å²) >= 11 is 0. The van der Waals surface area contributed by atoms with E-state index in [2.05, 4.69) is 164 Å². The van der Waals surface area contributed by atoms with Crippen LogP contribution in [0.1, 0.15) is 44.1 Å². The van der Waals surface area contributed by atoms with Crippen molar-refractivity contribution in [1.82, 2.24) is 0 Å². The van der Waals surface area contributed by atoms with Gasteiger partial charge in [0.05, 0.1) is 0 Å². The van der Waals surface area contributed by atoms with E-state index in [1.165, 1.54) is 87.4 Å². The van der Waals surface area contributed by atoms with Crippen molar-refractivity contribution in [1.29, 1.82) is 0 Å². The van der Waals surface area contributed by atoms with Crippen molar-refractivity contribution in [3.8, 4) is 33.4 Å². The molecule has 1 aliphatic carbocycles. The van der Waals surface area contributed by atoms with Gasteiger partial charge in [-0.15, -0.1) is 0 Å². The molecule has 6 aromatic rings. The average Bonchev–Trinajstić information content (AvgIpc) is 3.19. The maximum absolute atomic E-state index is 5.81. The van der Waals surface area contributed by atoms with Crippen LogP contribution >= 0.6 is 0 Å². The molecule has 0 atom stereocenters. The second-order valence-electron chi connectivity index (χ2n) is 13.4. The number of benzene rings is 6. The third-order valence-electron chi connectivity index (χ3n) is 10.3. The van der Waals surface area contributed by atoms with Crippen molar-refractivity contribution >= 4 is 23.1 Å². The Hall–Kier alpha value is -4.92. The van der Waals surface area contributed by atoms with Crippen LogP contribution in [0.4, 0.5) is 0 Å². The first-order chi connectivity index (χ1) is 24.3. The quantitative estimate of drug-likeness (QED) is 0.129. The van der Waals surface area contributed by atoms with Crippen LogP contribution in [0.15, 0.2) is 169 Å². The van der Waals surface area contributed by atoms with Crippen molar-refractivity contribution in [3.05, 3.63) is 175 Å². The minimum Gasteiger partial charge on any atom is -0.384 e. The van der Waals surface area contributed by atoms with Crippen LogP contribution in [-0.4, -0.2) is 20.4 Å². The highest BCUT2D eigenvalue weighted by Gasteiger charge is 2.31. The zero-order chi connectivity index (χ0) is 33.3. The number of methoxy groups -OCH3 is 1. The van der Waals surface area contributed by atoms with E-state index < -0.39 is 0 Å². The maximum Gasteiger partial charge on any atom is 0.241 e. The summed E-state index contributed by atoms with van der Waals surface area (Å²) in [6.45, 7) is 0.801. The number of rotatable bonds is 11. The molecule has 0 radical (unpaired) electrons. The highest BCUT2D eigenvalue weighted by molar-refractivity contribution is 6.99. The Bertz CT molecular complexity index is 1840. The fourth-order valence-electron chi connectivity index (χ4n) is 7.76. The van der Waals surface area contributed by atoms with Crippen molar-refractivity contribution in [2.75, 3.05) is 13.7 Å². The predicted octanol–water partition coefficient (Wildman–Crippen LogP) is 10.9. The normalized spacial score (nSPS) is 13.9. The van der Waals surface area contributed by atoms with Crippen LogP contribution in [0.5, 0.6) is 0 Å². The lowest BCUT2D eigenvalue weighted by atomic mass is 9.34. The van der Waals surface area contributed by atoms with E-state index in [1.54, 1.807) is 5.57 Å². The molecule has 2 heteroatoms. The van der Waals surface area contributed by atoms with Gasteiger partial charge in [-0.25, -0.2) is 0 Å². The second-order valence-corrected chi connectivity index (χ2v) is 13.4. The van der Waals surface area contributed by atoms with Crippen LogP contribution in [-0.2, 0) is 4.74 Å². The molecule has 0 amide bonds. The molecule has 1 nitrogen and oxygen atoms in total. The SMILES string of the molecule is COCC/C(=C(\B(c1ccc(-c2ccccc2)cc1)c1ccc(-c2ccccc2)cc1)c1ccc(-c2ccccc2)cc1)C1CCCCC1.